The summed E-state index contributed by atoms with van der Waals surface area (Å²) in [6.45, 7) is 2.52. The zero-order valence-electron chi connectivity index (χ0n) is 12.3. The number of amides is 1. The van der Waals surface area contributed by atoms with Crippen molar-refractivity contribution < 1.29 is 9.90 Å². The van der Waals surface area contributed by atoms with Crippen LogP contribution in [0.25, 0.3) is 0 Å². The molecule has 0 heterocycles. The molecular weight excluding hydrogens is 262 g/mol. The number of carbonyl (C=O) groups excluding carboxylic acids is 1. The summed E-state index contributed by atoms with van der Waals surface area (Å²) in [6, 6.07) is 15.7. The average molecular weight is 283 g/mol. The van der Waals surface area contributed by atoms with E-state index in [1.807, 2.05) is 36.4 Å². The van der Waals surface area contributed by atoms with Crippen molar-refractivity contribution in [2.75, 3.05) is 0 Å². The molecule has 2 rings (SSSR count). The molecule has 110 valence electrons. The van der Waals surface area contributed by atoms with Crippen LogP contribution in [-0.2, 0) is 24.4 Å². The largest absolute Gasteiger partial charge is 0.392 e. The zero-order valence-corrected chi connectivity index (χ0v) is 12.3. The van der Waals surface area contributed by atoms with Gasteiger partial charge in [0.25, 0.3) is 0 Å². The van der Waals surface area contributed by atoms with E-state index >= 15 is 0 Å². The van der Waals surface area contributed by atoms with Gasteiger partial charge in [-0.15, -0.1) is 0 Å². The number of nitrogens with one attached hydrogen (secondary N) is 1. The summed E-state index contributed by atoms with van der Waals surface area (Å²) in [6.07, 6.45) is 1.23. The summed E-state index contributed by atoms with van der Waals surface area (Å²) < 4.78 is 0. The highest BCUT2D eigenvalue weighted by Crippen LogP contribution is 2.10. The standard InChI is InChI=1S/C18H21NO2/c1-14-6-2-3-7-15(14)10-11-18(21)19-12-16-8-4-5-9-17(16)13-20/h2-9,20H,10-13H2,1H3,(H,19,21). The molecule has 2 N–H and O–H groups in total. The van der Waals surface area contributed by atoms with Gasteiger partial charge in [-0.1, -0.05) is 48.5 Å². The molecule has 1 amide bonds. The van der Waals surface area contributed by atoms with Crippen molar-refractivity contribution in [2.24, 2.45) is 0 Å². The van der Waals surface area contributed by atoms with Gasteiger partial charge < -0.3 is 10.4 Å². The topological polar surface area (TPSA) is 49.3 Å². The molecule has 0 radical (unpaired) electrons. The molecule has 0 saturated carbocycles. The third kappa shape index (κ3) is 4.43. The molecule has 2 aromatic rings. The van der Waals surface area contributed by atoms with Crippen LogP contribution in [0.15, 0.2) is 48.5 Å². The average Bonchev–Trinajstić information content (AvgIpc) is 2.52. The Labute approximate surface area is 125 Å². The molecule has 0 fully saturated rings. The van der Waals surface area contributed by atoms with Crippen molar-refractivity contribution >= 4 is 5.91 Å². The van der Waals surface area contributed by atoms with E-state index in [1.165, 1.54) is 11.1 Å². The van der Waals surface area contributed by atoms with E-state index in [1.54, 1.807) is 0 Å². The fourth-order valence-electron chi connectivity index (χ4n) is 2.31. The molecule has 0 aromatic heterocycles. The maximum absolute atomic E-state index is 11.9. The molecule has 3 heteroatoms. The van der Waals surface area contributed by atoms with E-state index < -0.39 is 0 Å². The fraction of sp³-hybridized carbons (Fsp3) is 0.278. The van der Waals surface area contributed by atoms with Crippen LogP contribution in [0.1, 0.15) is 28.7 Å². The van der Waals surface area contributed by atoms with E-state index in [0.717, 1.165) is 17.5 Å². The molecule has 0 aliphatic rings. The highest BCUT2D eigenvalue weighted by atomic mass is 16.3. The second-order valence-electron chi connectivity index (χ2n) is 5.13. The number of benzene rings is 2. The lowest BCUT2D eigenvalue weighted by Crippen LogP contribution is -2.23. The number of rotatable bonds is 6. The zero-order chi connectivity index (χ0) is 15.1. The monoisotopic (exact) mass is 283 g/mol. The smallest absolute Gasteiger partial charge is 0.220 e. The minimum atomic E-state index is -0.00471. The molecular formula is C18H21NO2. The number of aryl methyl sites for hydroxylation is 2. The van der Waals surface area contributed by atoms with Gasteiger partial charge in [-0.3, -0.25) is 4.79 Å². The number of hydrogen-bond donors (Lipinski definition) is 2. The van der Waals surface area contributed by atoms with Gasteiger partial charge in [-0.25, -0.2) is 0 Å². The van der Waals surface area contributed by atoms with Crippen LogP contribution >= 0.6 is 0 Å². The van der Waals surface area contributed by atoms with Gasteiger partial charge in [0.15, 0.2) is 0 Å². The Bertz CT molecular complexity index is 608. The van der Waals surface area contributed by atoms with Crippen molar-refractivity contribution in [3.8, 4) is 0 Å². The van der Waals surface area contributed by atoms with Crippen LogP contribution in [0.4, 0.5) is 0 Å². The first kappa shape index (κ1) is 15.3. The molecule has 0 aliphatic carbocycles. The molecule has 0 bridgehead atoms. The fourth-order valence-corrected chi connectivity index (χ4v) is 2.31. The number of aliphatic hydroxyl groups excluding tert-OH is 1. The summed E-state index contributed by atoms with van der Waals surface area (Å²) in [4.78, 5) is 11.9. The summed E-state index contributed by atoms with van der Waals surface area (Å²) in [5.74, 6) is 0.0333. The Morgan fingerprint density at radius 2 is 1.62 bits per heavy atom. The summed E-state index contributed by atoms with van der Waals surface area (Å²) in [5.41, 5.74) is 4.25. The predicted molar refractivity (Wildman–Crippen MR) is 83.7 cm³/mol. The maximum Gasteiger partial charge on any atom is 0.220 e. The van der Waals surface area contributed by atoms with Gasteiger partial charge in [0.1, 0.15) is 0 Å². The van der Waals surface area contributed by atoms with Crippen molar-refractivity contribution in [2.45, 2.75) is 32.9 Å². The summed E-state index contributed by atoms with van der Waals surface area (Å²) in [5, 5.41) is 12.2. The second kappa shape index (κ2) is 7.60. The van der Waals surface area contributed by atoms with Crippen LogP contribution in [-0.4, -0.2) is 11.0 Å². The third-order valence-electron chi connectivity index (χ3n) is 3.65. The van der Waals surface area contributed by atoms with Crippen LogP contribution < -0.4 is 5.32 Å². The summed E-state index contributed by atoms with van der Waals surface area (Å²) >= 11 is 0. The lowest BCUT2D eigenvalue weighted by molar-refractivity contribution is -0.121. The van der Waals surface area contributed by atoms with E-state index in [2.05, 4.69) is 24.4 Å². The molecule has 0 spiro atoms. The van der Waals surface area contributed by atoms with Crippen LogP contribution in [0.3, 0.4) is 0 Å². The van der Waals surface area contributed by atoms with Crippen molar-refractivity contribution in [1.82, 2.24) is 5.32 Å². The number of hydrogen-bond acceptors (Lipinski definition) is 2. The van der Waals surface area contributed by atoms with E-state index in [4.69, 9.17) is 0 Å². The first-order valence-electron chi connectivity index (χ1n) is 7.19. The normalized spacial score (nSPS) is 10.4. The van der Waals surface area contributed by atoms with Crippen LogP contribution in [0.5, 0.6) is 0 Å². The van der Waals surface area contributed by atoms with E-state index in [9.17, 15) is 9.90 Å². The van der Waals surface area contributed by atoms with Gasteiger partial charge >= 0.3 is 0 Å². The Morgan fingerprint density at radius 3 is 2.29 bits per heavy atom. The molecule has 3 nitrogen and oxygen atoms in total. The highest BCUT2D eigenvalue weighted by Gasteiger charge is 2.05. The van der Waals surface area contributed by atoms with E-state index in [-0.39, 0.29) is 12.5 Å². The van der Waals surface area contributed by atoms with Gasteiger partial charge in [0.05, 0.1) is 6.61 Å². The minimum Gasteiger partial charge on any atom is -0.392 e. The Hall–Kier alpha value is -2.13. The second-order valence-corrected chi connectivity index (χ2v) is 5.13. The van der Waals surface area contributed by atoms with Crippen LogP contribution in [0.2, 0.25) is 0 Å². The third-order valence-corrected chi connectivity index (χ3v) is 3.65. The van der Waals surface area contributed by atoms with E-state index in [0.29, 0.717) is 13.0 Å². The van der Waals surface area contributed by atoms with Gasteiger partial charge in [-0.05, 0) is 35.6 Å². The minimum absolute atomic E-state index is 0.00471. The van der Waals surface area contributed by atoms with Gasteiger partial charge in [0.2, 0.25) is 5.91 Å². The quantitative estimate of drug-likeness (QED) is 0.856. The summed E-state index contributed by atoms with van der Waals surface area (Å²) in [7, 11) is 0. The van der Waals surface area contributed by atoms with Crippen molar-refractivity contribution in [1.29, 1.82) is 0 Å². The molecule has 0 atom stereocenters. The first-order valence-corrected chi connectivity index (χ1v) is 7.19. The number of aliphatic hydroxyl groups is 1. The molecule has 0 aliphatic heterocycles. The predicted octanol–water partition coefficient (Wildman–Crippen LogP) is 2.74. The van der Waals surface area contributed by atoms with Gasteiger partial charge in [-0.2, -0.15) is 0 Å². The Balaban J connectivity index is 1.84. The van der Waals surface area contributed by atoms with Crippen molar-refractivity contribution in [3.63, 3.8) is 0 Å². The molecule has 0 saturated heterocycles. The van der Waals surface area contributed by atoms with Crippen molar-refractivity contribution in [3.05, 3.63) is 70.8 Å². The van der Waals surface area contributed by atoms with Gasteiger partial charge in [0, 0.05) is 13.0 Å². The molecule has 2 aromatic carbocycles. The molecule has 21 heavy (non-hydrogen) atoms. The SMILES string of the molecule is Cc1ccccc1CCC(=O)NCc1ccccc1CO. The first-order chi connectivity index (χ1) is 10.2. The number of carbonyl (C=O) groups is 1. The highest BCUT2D eigenvalue weighted by molar-refractivity contribution is 5.76. The van der Waals surface area contributed by atoms with Crippen LogP contribution in [0, 0.1) is 6.92 Å². The molecule has 0 unspecified atom stereocenters. The Kier molecular flexibility index (Phi) is 5.52. The lowest BCUT2D eigenvalue weighted by atomic mass is 10.0. The maximum atomic E-state index is 11.9. The Morgan fingerprint density at radius 1 is 1.00 bits per heavy atom. The lowest BCUT2D eigenvalue weighted by Gasteiger charge is -2.09.